The Morgan fingerprint density at radius 2 is 2.14 bits per heavy atom. The molecule has 2 amide bonds. The molecule has 1 aromatic rings. The van der Waals surface area contributed by atoms with Crippen LogP contribution in [0.5, 0.6) is 0 Å². The van der Waals surface area contributed by atoms with Crippen LogP contribution in [0.1, 0.15) is 17.3 Å². The predicted octanol–water partition coefficient (Wildman–Crippen LogP) is -0.00900. The van der Waals surface area contributed by atoms with Crippen molar-refractivity contribution in [3.8, 4) is 0 Å². The van der Waals surface area contributed by atoms with E-state index in [1.54, 1.807) is 29.2 Å². The summed E-state index contributed by atoms with van der Waals surface area (Å²) >= 11 is 0. The van der Waals surface area contributed by atoms with Crippen LogP contribution in [0.15, 0.2) is 30.3 Å². The molecule has 0 spiro atoms. The molecule has 21 heavy (non-hydrogen) atoms. The third kappa shape index (κ3) is 4.27. The topological polar surface area (TPSA) is 84.7 Å². The minimum Gasteiger partial charge on any atom is -0.373 e. The molecule has 0 radical (unpaired) electrons. The third-order valence-electron chi connectivity index (χ3n) is 3.47. The Bertz CT molecular complexity index is 490. The number of nitrogens with two attached hydrogens (primary N) is 1. The van der Waals surface area contributed by atoms with Crippen LogP contribution < -0.4 is 11.1 Å². The van der Waals surface area contributed by atoms with Crippen LogP contribution >= 0.6 is 0 Å². The molecule has 1 aromatic carbocycles. The largest absolute Gasteiger partial charge is 0.373 e. The molecule has 2 unspecified atom stereocenters. The molecule has 0 aromatic heterocycles. The Labute approximate surface area is 124 Å². The first kappa shape index (κ1) is 15.5. The highest BCUT2D eigenvalue weighted by Crippen LogP contribution is 2.08. The second-order valence-corrected chi connectivity index (χ2v) is 5.16. The van der Waals surface area contributed by atoms with Crippen LogP contribution in [0.25, 0.3) is 0 Å². The van der Waals surface area contributed by atoms with Crippen LogP contribution in [0, 0.1) is 0 Å². The summed E-state index contributed by atoms with van der Waals surface area (Å²) in [4.78, 5) is 25.7. The Morgan fingerprint density at radius 3 is 2.81 bits per heavy atom. The molecular formula is C15H21N3O3. The molecule has 3 N–H and O–H groups in total. The molecule has 1 aliphatic rings. The summed E-state index contributed by atoms with van der Waals surface area (Å²) < 4.78 is 5.51. The first-order valence-electron chi connectivity index (χ1n) is 7.06. The van der Waals surface area contributed by atoms with Crippen LogP contribution in [0.2, 0.25) is 0 Å². The van der Waals surface area contributed by atoms with Crippen molar-refractivity contribution in [2.45, 2.75) is 19.1 Å². The quantitative estimate of drug-likeness (QED) is 0.817. The minimum absolute atomic E-state index is 0.0145. The number of morpholine rings is 1. The van der Waals surface area contributed by atoms with Crippen molar-refractivity contribution < 1.29 is 14.3 Å². The number of amides is 2. The average Bonchev–Trinajstić information content (AvgIpc) is 2.53. The fourth-order valence-corrected chi connectivity index (χ4v) is 2.18. The molecule has 2 rings (SSSR count). The summed E-state index contributed by atoms with van der Waals surface area (Å²) in [5.41, 5.74) is 6.34. The lowest BCUT2D eigenvalue weighted by Crippen LogP contribution is -2.53. The van der Waals surface area contributed by atoms with Gasteiger partial charge in [0.15, 0.2) is 0 Å². The molecule has 114 valence electrons. The van der Waals surface area contributed by atoms with Crippen molar-refractivity contribution in [2.24, 2.45) is 5.73 Å². The van der Waals surface area contributed by atoms with Gasteiger partial charge < -0.3 is 20.7 Å². The van der Waals surface area contributed by atoms with Crippen molar-refractivity contribution in [1.29, 1.82) is 0 Å². The van der Waals surface area contributed by atoms with Gasteiger partial charge in [-0.15, -0.1) is 0 Å². The molecule has 0 saturated carbocycles. The second kappa shape index (κ2) is 7.19. The number of nitrogens with zero attached hydrogens (tertiary/aromatic N) is 1. The van der Waals surface area contributed by atoms with E-state index in [9.17, 15) is 9.59 Å². The van der Waals surface area contributed by atoms with Crippen molar-refractivity contribution in [2.75, 3.05) is 26.2 Å². The van der Waals surface area contributed by atoms with Crippen molar-refractivity contribution in [1.82, 2.24) is 10.2 Å². The van der Waals surface area contributed by atoms with E-state index in [0.717, 1.165) is 0 Å². The number of carbonyl (C=O) groups excluding carboxylic acids is 2. The standard InChI is InChI=1S/C15H21N3O3/c1-11(16)13-10-18(7-8-21-13)14(19)9-17-15(20)12-5-3-2-4-6-12/h2-6,11,13H,7-10,16H2,1H3,(H,17,20). The van der Waals surface area contributed by atoms with Gasteiger partial charge in [-0.05, 0) is 19.1 Å². The highest BCUT2D eigenvalue weighted by Gasteiger charge is 2.26. The van der Waals surface area contributed by atoms with E-state index in [-0.39, 0.29) is 30.5 Å². The maximum atomic E-state index is 12.1. The van der Waals surface area contributed by atoms with Gasteiger partial charge in [0.25, 0.3) is 5.91 Å². The number of ether oxygens (including phenoxy) is 1. The van der Waals surface area contributed by atoms with Crippen molar-refractivity contribution in [3.63, 3.8) is 0 Å². The fourth-order valence-electron chi connectivity index (χ4n) is 2.18. The number of rotatable bonds is 4. The predicted molar refractivity (Wildman–Crippen MR) is 78.7 cm³/mol. The number of hydrogen-bond acceptors (Lipinski definition) is 4. The number of hydrogen-bond donors (Lipinski definition) is 2. The molecule has 0 bridgehead atoms. The maximum absolute atomic E-state index is 12.1. The van der Waals surface area contributed by atoms with Crippen LogP contribution in [-0.4, -0.2) is 55.1 Å². The Morgan fingerprint density at radius 1 is 1.43 bits per heavy atom. The van der Waals surface area contributed by atoms with Gasteiger partial charge >= 0.3 is 0 Å². The number of benzene rings is 1. The SMILES string of the molecule is CC(N)C1CN(C(=O)CNC(=O)c2ccccc2)CCO1. The maximum Gasteiger partial charge on any atom is 0.251 e. The first-order valence-corrected chi connectivity index (χ1v) is 7.06. The lowest BCUT2D eigenvalue weighted by atomic mass is 10.1. The molecule has 1 aliphatic heterocycles. The molecule has 6 nitrogen and oxygen atoms in total. The summed E-state index contributed by atoms with van der Waals surface area (Å²) in [5.74, 6) is -0.366. The zero-order valence-electron chi connectivity index (χ0n) is 12.1. The highest BCUT2D eigenvalue weighted by atomic mass is 16.5. The van der Waals surface area contributed by atoms with Gasteiger partial charge in [0.05, 0.1) is 19.3 Å². The smallest absolute Gasteiger partial charge is 0.251 e. The van der Waals surface area contributed by atoms with Crippen molar-refractivity contribution >= 4 is 11.8 Å². The highest BCUT2D eigenvalue weighted by molar-refractivity contribution is 5.96. The van der Waals surface area contributed by atoms with Gasteiger partial charge in [-0.1, -0.05) is 18.2 Å². The van der Waals surface area contributed by atoms with E-state index in [1.807, 2.05) is 13.0 Å². The zero-order chi connectivity index (χ0) is 15.2. The van der Waals surface area contributed by atoms with Gasteiger partial charge in [0.2, 0.25) is 5.91 Å². The van der Waals surface area contributed by atoms with E-state index in [2.05, 4.69) is 5.32 Å². The Balaban J connectivity index is 1.83. The number of nitrogens with one attached hydrogen (secondary N) is 1. The third-order valence-corrected chi connectivity index (χ3v) is 3.47. The fraction of sp³-hybridized carbons (Fsp3) is 0.467. The minimum atomic E-state index is -0.249. The van der Waals surface area contributed by atoms with E-state index >= 15 is 0 Å². The summed E-state index contributed by atoms with van der Waals surface area (Å²) in [6.07, 6.45) is -0.146. The molecule has 1 heterocycles. The van der Waals surface area contributed by atoms with E-state index in [4.69, 9.17) is 10.5 Å². The summed E-state index contributed by atoms with van der Waals surface area (Å²) in [5, 5.41) is 2.64. The van der Waals surface area contributed by atoms with Crippen LogP contribution in [-0.2, 0) is 9.53 Å². The van der Waals surface area contributed by atoms with Crippen molar-refractivity contribution in [3.05, 3.63) is 35.9 Å². The molecule has 6 heteroatoms. The molecule has 2 atom stereocenters. The molecule has 1 fully saturated rings. The van der Waals surface area contributed by atoms with Gasteiger partial charge in [-0.2, -0.15) is 0 Å². The molecule has 1 saturated heterocycles. The second-order valence-electron chi connectivity index (χ2n) is 5.16. The summed E-state index contributed by atoms with van der Waals surface area (Å²) in [6, 6.07) is 8.70. The first-order chi connectivity index (χ1) is 10.1. The van der Waals surface area contributed by atoms with E-state index < -0.39 is 0 Å². The summed E-state index contributed by atoms with van der Waals surface area (Å²) in [7, 11) is 0. The Kier molecular flexibility index (Phi) is 5.30. The van der Waals surface area contributed by atoms with Gasteiger partial charge in [-0.3, -0.25) is 9.59 Å². The van der Waals surface area contributed by atoms with Gasteiger partial charge in [0, 0.05) is 24.7 Å². The molecule has 0 aliphatic carbocycles. The van der Waals surface area contributed by atoms with Crippen LogP contribution in [0.3, 0.4) is 0 Å². The van der Waals surface area contributed by atoms with E-state index in [1.165, 1.54) is 0 Å². The lowest BCUT2D eigenvalue weighted by Gasteiger charge is -2.34. The zero-order valence-corrected chi connectivity index (χ0v) is 12.1. The number of carbonyl (C=O) groups is 2. The normalized spacial score (nSPS) is 19.9. The lowest BCUT2D eigenvalue weighted by molar-refractivity contribution is -0.138. The monoisotopic (exact) mass is 291 g/mol. The Hall–Kier alpha value is -1.92. The van der Waals surface area contributed by atoms with Gasteiger partial charge in [0.1, 0.15) is 0 Å². The van der Waals surface area contributed by atoms with Crippen LogP contribution in [0.4, 0.5) is 0 Å². The summed E-state index contributed by atoms with van der Waals surface area (Å²) in [6.45, 7) is 3.32. The average molecular weight is 291 g/mol. The van der Waals surface area contributed by atoms with Gasteiger partial charge in [-0.25, -0.2) is 0 Å². The molecular weight excluding hydrogens is 270 g/mol. The van der Waals surface area contributed by atoms with E-state index in [0.29, 0.717) is 25.3 Å².